The highest BCUT2D eigenvalue weighted by atomic mass is 35.5. The average molecular weight is 303 g/mol. The van der Waals surface area contributed by atoms with E-state index >= 15 is 0 Å². The Bertz CT molecular complexity index is 426. The second-order valence-electron chi connectivity index (χ2n) is 6.17. The van der Waals surface area contributed by atoms with E-state index in [1.165, 1.54) is 12.1 Å². The van der Waals surface area contributed by atoms with Gasteiger partial charge in [0.05, 0.1) is 12.1 Å². The first-order chi connectivity index (χ1) is 8.69. The molecule has 1 unspecified atom stereocenters. The fraction of sp³-hybridized carbons (Fsp3) is 0.533. The molecule has 0 aliphatic heterocycles. The molecule has 0 aromatic heterocycles. The molecule has 0 fully saturated rings. The molecule has 0 aliphatic carbocycles. The van der Waals surface area contributed by atoms with Crippen molar-refractivity contribution in [2.75, 3.05) is 0 Å². The molecule has 0 spiro atoms. The van der Waals surface area contributed by atoms with Crippen LogP contribution < -0.4 is 11.1 Å². The van der Waals surface area contributed by atoms with Crippen molar-refractivity contribution in [1.82, 2.24) is 5.32 Å². The normalized spacial score (nSPS) is 14.1. The van der Waals surface area contributed by atoms with Gasteiger partial charge in [-0.2, -0.15) is 0 Å². The molecule has 114 valence electrons. The highest BCUT2D eigenvalue weighted by Gasteiger charge is 2.23. The SMILES string of the molecule is C[C@@H](N)C(=O)NC(CC(C)(C)C)c1ccc(F)cc1.Cl. The number of halogens is 2. The van der Waals surface area contributed by atoms with E-state index in [2.05, 4.69) is 26.1 Å². The number of nitrogens with two attached hydrogens (primary N) is 1. The van der Waals surface area contributed by atoms with Gasteiger partial charge in [0.1, 0.15) is 5.82 Å². The van der Waals surface area contributed by atoms with E-state index in [9.17, 15) is 9.18 Å². The summed E-state index contributed by atoms with van der Waals surface area (Å²) >= 11 is 0. The lowest BCUT2D eigenvalue weighted by molar-refractivity contribution is -0.122. The maximum atomic E-state index is 13.0. The number of carbonyl (C=O) groups excluding carboxylic acids is 1. The summed E-state index contributed by atoms with van der Waals surface area (Å²) in [5.74, 6) is -0.477. The summed E-state index contributed by atoms with van der Waals surface area (Å²) < 4.78 is 13.0. The molecule has 5 heteroatoms. The van der Waals surface area contributed by atoms with Gasteiger partial charge in [0.25, 0.3) is 0 Å². The van der Waals surface area contributed by atoms with Crippen molar-refractivity contribution in [2.24, 2.45) is 11.1 Å². The molecule has 1 rings (SSSR count). The van der Waals surface area contributed by atoms with E-state index in [0.29, 0.717) is 0 Å². The molecule has 0 radical (unpaired) electrons. The maximum Gasteiger partial charge on any atom is 0.237 e. The fourth-order valence-corrected chi connectivity index (χ4v) is 1.86. The quantitative estimate of drug-likeness (QED) is 0.897. The third kappa shape index (κ3) is 6.35. The van der Waals surface area contributed by atoms with Gasteiger partial charge >= 0.3 is 0 Å². The molecule has 20 heavy (non-hydrogen) atoms. The lowest BCUT2D eigenvalue weighted by atomic mass is 9.85. The van der Waals surface area contributed by atoms with Crippen molar-refractivity contribution >= 4 is 18.3 Å². The predicted octanol–water partition coefficient (Wildman–Crippen LogP) is 3.19. The topological polar surface area (TPSA) is 55.1 Å². The molecule has 3 N–H and O–H groups in total. The second kappa shape index (κ2) is 7.60. The van der Waals surface area contributed by atoms with Gasteiger partial charge in [-0.15, -0.1) is 12.4 Å². The molecule has 1 aromatic carbocycles. The van der Waals surface area contributed by atoms with Gasteiger partial charge < -0.3 is 11.1 Å². The minimum Gasteiger partial charge on any atom is -0.348 e. The van der Waals surface area contributed by atoms with Crippen LogP contribution in [0.2, 0.25) is 0 Å². The Morgan fingerprint density at radius 3 is 2.20 bits per heavy atom. The van der Waals surface area contributed by atoms with Crippen molar-refractivity contribution in [3.05, 3.63) is 35.6 Å². The molecule has 0 heterocycles. The lowest BCUT2D eigenvalue weighted by Crippen LogP contribution is -2.41. The molecular weight excluding hydrogens is 279 g/mol. The molecule has 2 atom stereocenters. The molecule has 0 bridgehead atoms. The minimum atomic E-state index is -0.553. The summed E-state index contributed by atoms with van der Waals surface area (Å²) in [5, 5.41) is 2.92. The number of carbonyl (C=O) groups is 1. The van der Waals surface area contributed by atoms with E-state index in [4.69, 9.17) is 5.73 Å². The van der Waals surface area contributed by atoms with Crippen molar-refractivity contribution in [3.8, 4) is 0 Å². The number of hydrogen-bond acceptors (Lipinski definition) is 2. The van der Waals surface area contributed by atoms with Crippen LogP contribution in [0.3, 0.4) is 0 Å². The standard InChI is InChI=1S/C15H23FN2O.ClH/c1-10(17)14(19)18-13(9-15(2,3)4)11-5-7-12(16)8-6-11;/h5-8,10,13H,9,17H2,1-4H3,(H,18,19);1H/t10-,13?;/m1./s1. The number of rotatable bonds is 4. The Balaban J connectivity index is 0.00000361. The smallest absolute Gasteiger partial charge is 0.237 e. The van der Waals surface area contributed by atoms with Gasteiger partial charge in [0.2, 0.25) is 5.91 Å². The molecule has 1 aromatic rings. The third-order valence-electron chi connectivity index (χ3n) is 2.82. The Kier molecular flexibility index (Phi) is 7.17. The van der Waals surface area contributed by atoms with Crippen LogP contribution in [0.15, 0.2) is 24.3 Å². The van der Waals surface area contributed by atoms with Crippen molar-refractivity contribution in [1.29, 1.82) is 0 Å². The highest BCUT2D eigenvalue weighted by molar-refractivity contribution is 5.85. The number of amides is 1. The first-order valence-electron chi connectivity index (χ1n) is 6.50. The van der Waals surface area contributed by atoms with Crippen LogP contribution in [0.25, 0.3) is 0 Å². The molecule has 3 nitrogen and oxygen atoms in total. The molecule has 1 amide bonds. The van der Waals surface area contributed by atoms with Crippen molar-refractivity contribution < 1.29 is 9.18 Å². The van der Waals surface area contributed by atoms with Crippen LogP contribution >= 0.6 is 12.4 Å². The molecule has 0 aliphatic rings. The zero-order valence-corrected chi connectivity index (χ0v) is 13.3. The van der Waals surface area contributed by atoms with E-state index in [1.54, 1.807) is 19.1 Å². The second-order valence-corrected chi connectivity index (χ2v) is 6.17. The fourth-order valence-electron chi connectivity index (χ4n) is 1.86. The molecule has 0 saturated heterocycles. The lowest BCUT2D eigenvalue weighted by Gasteiger charge is -2.28. The first kappa shape index (κ1) is 18.9. The first-order valence-corrected chi connectivity index (χ1v) is 6.50. The average Bonchev–Trinajstić information content (AvgIpc) is 2.27. The zero-order valence-electron chi connectivity index (χ0n) is 12.4. The summed E-state index contributed by atoms with van der Waals surface area (Å²) in [5.41, 5.74) is 6.52. The Labute approximate surface area is 126 Å². The van der Waals surface area contributed by atoms with Crippen LogP contribution in [0.4, 0.5) is 4.39 Å². The van der Waals surface area contributed by atoms with Gasteiger partial charge in [-0.25, -0.2) is 4.39 Å². The van der Waals surface area contributed by atoms with Crippen molar-refractivity contribution in [3.63, 3.8) is 0 Å². The maximum absolute atomic E-state index is 13.0. The largest absolute Gasteiger partial charge is 0.348 e. The van der Waals surface area contributed by atoms with Gasteiger partial charge in [-0.3, -0.25) is 4.79 Å². The van der Waals surface area contributed by atoms with Crippen LogP contribution in [-0.4, -0.2) is 11.9 Å². The minimum absolute atomic E-state index is 0. The predicted molar refractivity (Wildman–Crippen MR) is 82.3 cm³/mol. The Hall–Kier alpha value is -1.13. The summed E-state index contributed by atoms with van der Waals surface area (Å²) in [7, 11) is 0. The van der Waals surface area contributed by atoms with Crippen LogP contribution in [0, 0.1) is 11.2 Å². The van der Waals surface area contributed by atoms with E-state index in [1.807, 2.05) is 0 Å². The van der Waals surface area contributed by atoms with Crippen molar-refractivity contribution in [2.45, 2.75) is 46.2 Å². The summed E-state index contributed by atoms with van der Waals surface area (Å²) in [6.45, 7) is 7.94. The van der Waals surface area contributed by atoms with Gasteiger partial charge in [-0.05, 0) is 36.5 Å². The highest BCUT2D eigenvalue weighted by Crippen LogP contribution is 2.29. The molecule has 0 saturated carbocycles. The molecular formula is C15H24ClFN2O. The summed E-state index contributed by atoms with van der Waals surface area (Å²) in [4.78, 5) is 11.8. The number of benzene rings is 1. The Morgan fingerprint density at radius 2 is 1.80 bits per heavy atom. The van der Waals surface area contributed by atoms with Gasteiger partial charge in [0.15, 0.2) is 0 Å². The zero-order chi connectivity index (χ0) is 14.6. The van der Waals surface area contributed by atoms with Gasteiger partial charge in [-0.1, -0.05) is 32.9 Å². The van der Waals surface area contributed by atoms with Crippen LogP contribution in [-0.2, 0) is 4.79 Å². The third-order valence-corrected chi connectivity index (χ3v) is 2.82. The van der Waals surface area contributed by atoms with Crippen LogP contribution in [0.5, 0.6) is 0 Å². The summed E-state index contributed by atoms with van der Waals surface area (Å²) in [6.07, 6.45) is 0.761. The Morgan fingerprint density at radius 1 is 1.30 bits per heavy atom. The van der Waals surface area contributed by atoms with E-state index < -0.39 is 6.04 Å². The van der Waals surface area contributed by atoms with E-state index in [0.717, 1.165) is 12.0 Å². The monoisotopic (exact) mass is 302 g/mol. The van der Waals surface area contributed by atoms with E-state index in [-0.39, 0.29) is 35.6 Å². The van der Waals surface area contributed by atoms with Crippen LogP contribution in [0.1, 0.15) is 45.7 Å². The summed E-state index contributed by atoms with van der Waals surface area (Å²) in [6, 6.07) is 5.51. The number of nitrogens with one attached hydrogen (secondary N) is 1. The number of hydrogen-bond donors (Lipinski definition) is 2. The van der Waals surface area contributed by atoms with Gasteiger partial charge in [0, 0.05) is 0 Å².